The van der Waals surface area contributed by atoms with Crippen LogP contribution in [0.1, 0.15) is 12.5 Å². The first-order chi connectivity index (χ1) is 19.7. The van der Waals surface area contributed by atoms with Crippen LogP contribution in [0, 0.1) is 0 Å². The van der Waals surface area contributed by atoms with Gasteiger partial charge in [0, 0.05) is 27.2 Å². The van der Waals surface area contributed by atoms with Crippen LogP contribution in [-0.2, 0) is 6.54 Å². The second-order valence-corrected chi connectivity index (χ2v) is 9.84. The zero-order valence-electron chi connectivity index (χ0n) is 22.2. The zero-order chi connectivity index (χ0) is 27.1. The molecule has 2 heterocycles. The molecule has 0 radical (unpaired) electrons. The lowest BCUT2D eigenvalue weighted by atomic mass is 10.1. The van der Waals surface area contributed by atoms with E-state index >= 15 is 0 Å². The van der Waals surface area contributed by atoms with E-state index in [2.05, 4.69) is 124 Å². The van der Waals surface area contributed by atoms with Crippen LogP contribution < -0.4 is 0 Å². The van der Waals surface area contributed by atoms with Crippen molar-refractivity contribution in [2.75, 3.05) is 0 Å². The highest BCUT2D eigenvalue weighted by molar-refractivity contribution is 6.16. The first-order valence-electron chi connectivity index (χ1n) is 13.4. The van der Waals surface area contributed by atoms with Crippen LogP contribution in [0.5, 0.6) is 0 Å². The molecule has 7 aromatic rings. The fraction of sp³-hybridized carbons (Fsp3) is 0.0571. The molecule has 0 atom stereocenters. The van der Waals surface area contributed by atoms with Crippen LogP contribution in [0.3, 0.4) is 0 Å². The highest BCUT2D eigenvalue weighted by Crippen LogP contribution is 2.35. The van der Waals surface area contributed by atoms with Crippen LogP contribution in [0.25, 0.3) is 49.3 Å². The number of para-hydroxylation sites is 3. The van der Waals surface area contributed by atoms with Crippen LogP contribution >= 0.6 is 0 Å². The van der Waals surface area contributed by atoms with E-state index in [4.69, 9.17) is 9.98 Å². The molecule has 0 aliphatic rings. The Hall–Kier alpha value is -5.29. The third kappa shape index (κ3) is 3.91. The van der Waals surface area contributed by atoms with Crippen LogP contribution in [0.15, 0.2) is 136 Å². The first kappa shape index (κ1) is 23.8. The Morgan fingerprint density at radius 2 is 1.18 bits per heavy atom. The maximum Gasteiger partial charge on any atom is 0.232 e. The minimum absolute atomic E-state index is 0.511. The van der Waals surface area contributed by atoms with Crippen molar-refractivity contribution in [3.8, 4) is 5.69 Å². The van der Waals surface area contributed by atoms with Crippen LogP contribution in [0.4, 0.5) is 0 Å². The molecule has 40 heavy (non-hydrogen) atoms. The molecular formula is C35H27N5. The standard InChI is InChI=1S/C35H27N5/c1-24(36-2)38-35(37-23-25-12-4-3-5-13-25)40-33-19-11-8-16-29(33)30-22-26(20-21-34(30)40)39-31-17-9-6-14-27(31)28-15-7-10-18-32(28)39/h3-22H,2,23H2,1H3/b37-35?,38-24-. The van der Waals surface area contributed by atoms with E-state index in [1.54, 1.807) is 0 Å². The van der Waals surface area contributed by atoms with Gasteiger partial charge in [0.2, 0.25) is 5.96 Å². The summed E-state index contributed by atoms with van der Waals surface area (Å²) in [6.45, 7) is 6.04. The Morgan fingerprint density at radius 3 is 1.82 bits per heavy atom. The predicted octanol–water partition coefficient (Wildman–Crippen LogP) is 8.41. The van der Waals surface area contributed by atoms with E-state index in [0.29, 0.717) is 18.3 Å². The van der Waals surface area contributed by atoms with Crippen molar-refractivity contribution >= 4 is 62.1 Å². The maximum absolute atomic E-state index is 4.98. The maximum atomic E-state index is 4.98. The molecule has 2 aromatic heterocycles. The van der Waals surface area contributed by atoms with E-state index < -0.39 is 0 Å². The summed E-state index contributed by atoms with van der Waals surface area (Å²) in [5.41, 5.74) is 6.70. The normalized spacial score (nSPS) is 12.6. The molecule has 192 valence electrons. The van der Waals surface area contributed by atoms with E-state index in [1.807, 2.05) is 25.1 Å². The third-order valence-corrected chi connectivity index (χ3v) is 7.43. The number of hydrogen-bond donors (Lipinski definition) is 0. The molecule has 0 bridgehead atoms. The van der Waals surface area contributed by atoms with Gasteiger partial charge in [-0.2, -0.15) is 4.99 Å². The summed E-state index contributed by atoms with van der Waals surface area (Å²) in [4.78, 5) is 13.8. The van der Waals surface area contributed by atoms with Crippen molar-refractivity contribution in [3.05, 3.63) is 127 Å². The van der Waals surface area contributed by atoms with Gasteiger partial charge in [0.05, 0.1) is 28.6 Å². The summed E-state index contributed by atoms with van der Waals surface area (Å²) in [5.74, 6) is 1.16. The molecule has 0 fully saturated rings. The van der Waals surface area contributed by atoms with Gasteiger partial charge in [-0.25, -0.2) is 9.98 Å². The summed E-state index contributed by atoms with van der Waals surface area (Å²) < 4.78 is 4.49. The predicted molar refractivity (Wildman–Crippen MR) is 169 cm³/mol. The summed E-state index contributed by atoms with van der Waals surface area (Å²) in [6, 6.07) is 42.5. The van der Waals surface area contributed by atoms with Crippen molar-refractivity contribution in [1.82, 2.24) is 9.13 Å². The van der Waals surface area contributed by atoms with E-state index in [0.717, 1.165) is 33.1 Å². The summed E-state index contributed by atoms with van der Waals surface area (Å²) in [5, 5.41) is 4.78. The molecule has 0 saturated heterocycles. The minimum Gasteiger partial charge on any atom is -0.309 e. The van der Waals surface area contributed by atoms with Gasteiger partial charge in [0.15, 0.2) is 0 Å². The van der Waals surface area contributed by atoms with Crippen molar-refractivity contribution in [2.24, 2.45) is 15.0 Å². The highest BCUT2D eigenvalue weighted by atomic mass is 15.2. The number of rotatable bonds is 3. The number of aliphatic imine (C=N–C) groups is 3. The summed E-state index contributed by atoms with van der Waals surface area (Å²) >= 11 is 0. The summed E-state index contributed by atoms with van der Waals surface area (Å²) in [7, 11) is 0. The van der Waals surface area contributed by atoms with E-state index in [9.17, 15) is 0 Å². The largest absolute Gasteiger partial charge is 0.309 e. The number of fused-ring (bicyclic) bond motifs is 6. The minimum atomic E-state index is 0.511. The monoisotopic (exact) mass is 517 g/mol. The molecule has 0 saturated carbocycles. The molecule has 0 spiro atoms. The van der Waals surface area contributed by atoms with Crippen LogP contribution in [0.2, 0.25) is 0 Å². The second-order valence-electron chi connectivity index (χ2n) is 9.84. The lowest BCUT2D eigenvalue weighted by molar-refractivity contribution is 1.03. The molecule has 5 nitrogen and oxygen atoms in total. The molecule has 5 aromatic carbocycles. The Morgan fingerprint density at radius 1 is 0.625 bits per heavy atom. The number of aromatic nitrogens is 2. The summed E-state index contributed by atoms with van der Waals surface area (Å²) in [6.07, 6.45) is 0. The molecule has 0 N–H and O–H groups in total. The lowest BCUT2D eigenvalue weighted by Crippen LogP contribution is -2.11. The molecular weight excluding hydrogens is 490 g/mol. The SMILES string of the molecule is C=N/C(C)=N\C(=NCc1ccccc1)n1c2ccccc2c2cc(-n3c4ccccc4c4ccccc43)ccc21. The zero-order valence-corrected chi connectivity index (χ0v) is 22.2. The molecule has 5 heteroatoms. The van der Waals surface area contributed by atoms with Gasteiger partial charge in [-0.05, 0) is 55.6 Å². The van der Waals surface area contributed by atoms with Gasteiger partial charge >= 0.3 is 0 Å². The topological polar surface area (TPSA) is 46.9 Å². The third-order valence-electron chi connectivity index (χ3n) is 7.43. The van der Waals surface area contributed by atoms with Crippen LogP contribution in [-0.4, -0.2) is 27.6 Å². The fourth-order valence-electron chi connectivity index (χ4n) is 5.60. The van der Waals surface area contributed by atoms with Gasteiger partial charge in [0.1, 0.15) is 5.84 Å². The molecule has 0 unspecified atom stereocenters. The average molecular weight is 518 g/mol. The molecule has 7 rings (SSSR count). The Bertz CT molecular complexity index is 2060. The molecule has 0 aliphatic heterocycles. The number of amidine groups is 1. The Labute approximate surface area is 232 Å². The van der Waals surface area contributed by atoms with Gasteiger partial charge in [-0.3, -0.25) is 4.57 Å². The lowest BCUT2D eigenvalue weighted by Gasteiger charge is -2.10. The number of hydrogen-bond acceptors (Lipinski definition) is 1. The van der Waals surface area contributed by atoms with Gasteiger partial charge < -0.3 is 4.57 Å². The van der Waals surface area contributed by atoms with Crippen molar-refractivity contribution in [3.63, 3.8) is 0 Å². The number of benzene rings is 5. The highest BCUT2D eigenvalue weighted by Gasteiger charge is 2.17. The molecule has 0 amide bonds. The average Bonchev–Trinajstić information content (AvgIpc) is 3.52. The van der Waals surface area contributed by atoms with Gasteiger partial charge in [-0.15, -0.1) is 0 Å². The van der Waals surface area contributed by atoms with E-state index in [-0.39, 0.29) is 0 Å². The van der Waals surface area contributed by atoms with Crippen molar-refractivity contribution < 1.29 is 0 Å². The Balaban J connectivity index is 1.49. The second kappa shape index (κ2) is 9.79. The smallest absolute Gasteiger partial charge is 0.232 e. The fourth-order valence-corrected chi connectivity index (χ4v) is 5.60. The van der Waals surface area contributed by atoms with Gasteiger partial charge in [-0.1, -0.05) is 84.9 Å². The van der Waals surface area contributed by atoms with Crippen molar-refractivity contribution in [2.45, 2.75) is 13.5 Å². The quantitative estimate of drug-likeness (QED) is 0.167. The number of nitrogens with zero attached hydrogens (tertiary/aromatic N) is 5. The van der Waals surface area contributed by atoms with E-state index in [1.165, 1.54) is 21.8 Å². The first-order valence-corrected chi connectivity index (χ1v) is 13.4. The van der Waals surface area contributed by atoms with Gasteiger partial charge in [0.25, 0.3) is 0 Å². The van der Waals surface area contributed by atoms with Crippen molar-refractivity contribution in [1.29, 1.82) is 0 Å². The Kier molecular flexibility index (Phi) is 5.82. The molecule has 0 aliphatic carbocycles.